The number of nitrogens with two attached hydrogens (primary N) is 1. The van der Waals surface area contributed by atoms with Crippen molar-refractivity contribution in [1.29, 1.82) is 0 Å². The van der Waals surface area contributed by atoms with Crippen LogP contribution in [-0.2, 0) is 0 Å². The predicted molar refractivity (Wildman–Crippen MR) is 131 cm³/mol. The Labute approximate surface area is 200 Å². The van der Waals surface area contributed by atoms with Crippen LogP contribution in [0.4, 0.5) is 11.5 Å². The minimum Gasteiger partial charge on any atom is -0.421 e. The number of piperidine rings is 1. The largest absolute Gasteiger partial charge is 0.421 e. The number of fused-ring (bicyclic) bond motifs is 5. The van der Waals surface area contributed by atoms with Crippen molar-refractivity contribution in [2.45, 2.75) is 38.0 Å². The van der Waals surface area contributed by atoms with Crippen molar-refractivity contribution in [3.63, 3.8) is 0 Å². The Hall–Kier alpha value is -3.21. The number of benzene rings is 1. The topological polar surface area (TPSA) is 138 Å². The molecule has 2 fully saturated rings. The van der Waals surface area contributed by atoms with Crippen LogP contribution < -0.4 is 20.7 Å². The number of nitrogens with zero attached hydrogens (tertiary/aromatic N) is 5. The monoisotopic (exact) mass is 480 g/mol. The fourth-order valence-corrected chi connectivity index (χ4v) is 5.45. The number of aromatic amines is 1. The summed E-state index contributed by atoms with van der Waals surface area (Å²) in [6.07, 6.45) is 4.24. The second-order valence-corrected chi connectivity index (χ2v) is 9.50. The van der Waals surface area contributed by atoms with Gasteiger partial charge in [-0.3, -0.25) is 0 Å². The number of hydrogen-bond acceptors (Lipinski definition) is 9. The summed E-state index contributed by atoms with van der Waals surface area (Å²) in [5.74, 6) is 1.95. The van der Waals surface area contributed by atoms with E-state index in [1.165, 1.54) is 12.4 Å². The van der Waals surface area contributed by atoms with Crippen molar-refractivity contribution in [3.05, 3.63) is 35.4 Å². The molecule has 10 nitrogen and oxygen atoms in total. The van der Waals surface area contributed by atoms with Crippen LogP contribution in [0.2, 0.25) is 5.02 Å². The van der Waals surface area contributed by atoms with Crippen molar-refractivity contribution in [2.75, 3.05) is 23.8 Å². The van der Waals surface area contributed by atoms with Crippen LogP contribution in [0.3, 0.4) is 0 Å². The SMILES string of the molecule is CNc1cc(Cl)cc2c1[nH]c1nc(Oc3cnc(C(C)O)nc3)nc(N3C[C@H]4C[C@@H]3CC4N)c12. The molecule has 1 aliphatic heterocycles. The van der Waals surface area contributed by atoms with Crippen molar-refractivity contribution in [1.82, 2.24) is 24.9 Å². The van der Waals surface area contributed by atoms with Crippen molar-refractivity contribution in [2.24, 2.45) is 11.7 Å². The molecule has 5 N–H and O–H groups in total. The van der Waals surface area contributed by atoms with Crippen LogP contribution in [0.25, 0.3) is 21.9 Å². The summed E-state index contributed by atoms with van der Waals surface area (Å²) < 4.78 is 5.96. The van der Waals surface area contributed by atoms with Crippen LogP contribution in [0.1, 0.15) is 31.7 Å². The third kappa shape index (κ3) is 3.41. The van der Waals surface area contributed by atoms with Gasteiger partial charge < -0.3 is 30.8 Å². The van der Waals surface area contributed by atoms with E-state index in [1.54, 1.807) is 6.92 Å². The molecule has 6 rings (SSSR count). The summed E-state index contributed by atoms with van der Waals surface area (Å²) in [5, 5.41) is 15.3. The standard InChI is InChI=1S/C23H25ClN8O2/c1-10(33)20-27-7-14(8-28-20)34-23-30-21-18(15-4-12(24)5-17(26-2)19(15)29-21)22(31-23)32-9-11-3-13(32)6-16(11)25/h4-5,7-8,10-11,13,16,26,33H,3,6,9,25H2,1-2H3,(H,29,30,31)/t10?,11-,13-,16?/m1/s1. The maximum atomic E-state index is 9.66. The molecule has 0 radical (unpaired) electrons. The Morgan fingerprint density at radius 2 is 2.06 bits per heavy atom. The quantitative estimate of drug-likeness (QED) is 0.338. The smallest absolute Gasteiger partial charge is 0.326 e. The molecule has 0 spiro atoms. The molecule has 4 heterocycles. The lowest BCUT2D eigenvalue weighted by atomic mass is 10.0. The fourth-order valence-electron chi connectivity index (χ4n) is 5.23. The Morgan fingerprint density at radius 3 is 2.71 bits per heavy atom. The highest BCUT2D eigenvalue weighted by Gasteiger charge is 2.44. The predicted octanol–water partition coefficient (Wildman–Crippen LogP) is 3.37. The average molecular weight is 481 g/mol. The first-order valence-electron chi connectivity index (χ1n) is 11.3. The van der Waals surface area contributed by atoms with E-state index in [2.05, 4.69) is 30.2 Å². The number of rotatable bonds is 5. The maximum Gasteiger partial charge on any atom is 0.326 e. The van der Waals surface area contributed by atoms with E-state index in [1.807, 2.05) is 19.2 Å². The van der Waals surface area contributed by atoms with Gasteiger partial charge in [0.15, 0.2) is 11.6 Å². The van der Waals surface area contributed by atoms with Gasteiger partial charge in [-0.05, 0) is 37.8 Å². The number of nitrogens with one attached hydrogen (secondary N) is 2. The zero-order valence-electron chi connectivity index (χ0n) is 18.8. The molecule has 2 aliphatic rings. The molecule has 4 aromatic rings. The lowest BCUT2D eigenvalue weighted by molar-refractivity contribution is 0.188. The molecule has 2 unspecified atom stereocenters. The number of halogens is 1. The molecule has 4 atom stereocenters. The van der Waals surface area contributed by atoms with Crippen molar-refractivity contribution < 1.29 is 9.84 Å². The number of hydrogen-bond donors (Lipinski definition) is 4. The summed E-state index contributed by atoms with van der Waals surface area (Å²) in [5.41, 5.74) is 8.75. The molecule has 3 aromatic heterocycles. The first-order chi connectivity index (χ1) is 16.4. The molecular weight excluding hydrogens is 456 g/mol. The Kier molecular flexibility index (Phi) is 4.98. The van der Waals surface area contributed by atoms with Gasteiger partial charge in [0.2, 0.25) is 0 Å². The average Bonchev–Trinajstić information content (AvgIpc) is 3.50. The van der Waals surface area contributed by atoms with Crippen LogP contribution in [-0.4, -0.2) is 55.7 Å². The second kappa shape index (κ2) is 7.93. The van der Waals surface area contributed by atoms with Gasteiger partial charge in [-0.2, -0.15) is 9.97 Å². The molecule has 2 bridgehead atoms. The normalized spacial score (nSPS) is 22.6. The number of aromatic nitrogens is 5. The van der Waals surface area contributed by atoms with Crippen molar-refractivity contribution in [3.8, 4) is 11.8 Å². The van der Waals surface area contributed by atoms with Gasteiger partial charge in [0, 0.05) is 36.1 Å². The lowest BCUT2D eigenvalue weighted by Crippen LogP contribution is -2.41. The summed E-state index contributed by atoms with van der Waals surface area (Å²) in [6.45, 7) is 2.45. The third-order valence-electron chi connectivity index (χ3n) is 6.85. The van der Waals surface area contributed by atoms with E-state index in [0.29, 0.717) is 34.2 Å². The molecule has 1 saturated carbocycles. The second-order valence-electron chi connectivity index (χ2n) is 9.06. The van der Waals surface area contributed by atoms with Gasteiger partial charge in [-0.1, -0.05) is 11.6 Å². The van der Waals surface area contributed by atoms with E-state index in [0.717, 1.165) is 47.2 Å². The Balaban J connectivity index is 1.50. The van der Waals surface area contributed by atoms with E-state index in [9.17, 15) is 5.11 Å². The van der Waals surface area contributed by atoms with Crippen molar-refractivity contribution >= 4 is 45.0 Å². The van der Waals surface area contributed by atoms with E-state index in [4.69, 9.17) is 27.1 Å². The molecular formula is C23H25ClN8O2. The van der Waals surface area contributed by atoms with E-state index in [-0.39, 0.29) is 12.1 Å². The molecule has 0 amide bonds. The molecule has 34 heavy (non-hydrogen) atoms. The van der Waals surface area contributed by atoms with Crippen LogP contribution in [0, 0.1) is 5.92 Å². The number of anilines is 2. The minimum atomic E-state index is -0.759. The number of H-pyrrole nitrogens is 1. The molecule has 1 aliphatic carbocycles. The highest BCUT2D eigenvalue weighted by Crippen LogP contribution is 2.44. The van der Waals surface area contributed by atoms with Gasteiger partial charge in [0.1, 0.15) is 17.6 Å². The number of ether oxygens (including phenoxy) is 1. The number of aliphatic hydroxyl groups is 1. The number of aliphatic hydroxyl groups excluding tert-OH is 1. The zero-order chi connectivity index (χ0) is 23.6. The lowest BCUT2D eigenvalue weighted by Gasteiger charge is -2.31. The zero-order valence-corrected chi connectivity index (χ0v) is 19.5. The molecule has 176 valence electrons. The summed E-state index contributed by atoms with van der Waals surface area (Å²) >= 11 is 6.45. The maximum absolute atomic E-state index is 9.66. The third-order valence-corrected chi connectivity index (χ3v) is 7.07. The summed E-state index contributed by atoms with van der Waals surface area (Å²) in [7, 11) is 1.86. The van der Waals surface area contributed by atoms with Gasteiger partial charge in [0.05, 0.1) is 29.0 Å². The molecule has 11 heteroatoms. The highest BCUT2D eigenvalue weighted by molar-refractivity contribution is 6.32. The summed E-state index contributed by atoms with van der Waals surface area (Å²) in [6, 6.07) is 4.56. The van der Waals surface area contributed by atoms with Crippen LogP contribution in [0.15, 0.2) is 24.5 Å². The highest BCUT2D eigenvalue weighted by atomic mass is 35.5. The van der Waals surface area contributed by atoms with E-state index >= 15 is 0 Å². The van der Waals surface area contributed by atoms with Gasteiger partial charge >= 0.3 is 6.01 Å². The van der Waals surface area contributed by atoms with E-state index < -0.39 is 6.10 Å². The first-order valence-corrected chi connectivity index (χ1v) is 11.7. The van der Waals surface area contributed by atoms with Gasteiger partial charge in [0.25, 0.3) is 0 Å². The molecule has 1 aromatic carbocycles. The Bertz CT molecular complexity index is 1390. The fraction of sp³-hybridized carbons (Fsp3) is 0.391. The van der Waals surface area contributed by atoms with Gasteiger partial charge in [-0.15, -0.1) is 0 Å². The van der Waals surface area contributed by atoms with Crippen LogP contribution >= 0.6 is 11.6 Å². The summed E-state index contributed by atoms with van der Waals surface area (Å²) in [4.78, 5) is 23.6. The Morgan fingerprint density at radius 1 is 1.26 bits per heavy atom. The minimum absolute atomic E-state index is 0.187. The molecule has 1 saturated heterocycles. The van der Waals surface area contributed by atoms with Gasteiger partial charge in [-0.25, -0.2) is 9.97 Å². The first kappa shape index (κ1) is 21.3. The van der Waals surface area contributed by atoms with Crippen LogP contribution in [0.5, 0.6) is 11.8 Å².